The summed E-state index contributed by atoms with van der Waals surface area (Å²) >= 11 is 6.19. The number of aryl methyl sites for hydroxylation is 1. The molecular formula is C26H32ClFN6O3. The number of hydrogen-bond acceptors (Lipinski definition) is 6. The van der Waals surface area contributed by atoms with Gasteiger partial charge in [-0.05, 0) is 36.8 Å². The molecule has 0 aliphatic carbocycles. The second-order valence-electron chi connectivity index (χ2n) is 10.9. The SMILES string of the molecule is Cc1ccnc(C(C)C)c1-n1c(=O)nc(N2CCN(C(=O)O)C(C(C)(C)C)C2C)c2c(F)cc(Cl)nc21. The first-order chi connectivity index (χ1) is 17.2. The molecule has 4 rings (SSSR count). The van der Waals surface area contributed by atoms with E-state index < -0.39 is 35.1 Å². The number of carboxylic acid groups (broad SMARTS) is 1. The van der Waals surface area contributed by atoms with Gasteiger partial charge < -0.3 is 14.9 Å². The summed E-state index contributed by atoms with van der Waals surface area (Å²) in [6, 6.07) is 2.03. The van der Waals surface area contributed by atoms with Crippen LogP contribution in [0.3, 0.4) is 0 Å². The first-order valence-electron chi connectivity index (χ1n) is 12.2. The zero-order valence-corrected chi connectivity index (χ0v) is 22.8. The minimum Gasteiger partial charge on any atom is -0.465 e. The number of piperazine rings is 1. The Morgan fingerprint density at radius 3 is 2.51 bits per heavy atom. The monoisotopic (exact) mass is 530 g/mol. The van der Waals surface area contributed by atoms with Crippen LogP contribution in [0.25, 0.3) is 16.7 Å². The molecule has 2 unspecified atom stereocenters. The summed E-state index contributed by atoms with van der Waals surface area (Å²) in [7, 11) is 0. The van der Waals surface area contributed by atoms with Crippen molar-refractivity contribution in [1.29, 1.82) is 0 Å². The molecular weight excluding hydrogens is 499 g/mol. The van der Waals surface area contributed by atoms with Gasteiger partial charge in [0, 0.05) is 31.4 Å². The first kappa shape index (κ1) is 26.8. The summed E-state index contributed by atoms with van der Waals surface area (Å²) in [5.41, 5.74) is 0.872. The molecule has 0 aromatic carbocycles. The molecule has 3 aromatic heterocycles. The van der Waals surface area contributed by atoms with Crippen molar-refractivity contribution in [1.82, 2.24) is 24.4 Å². The van der Waals surface area contributed by atoms with Crippen LogP contribution in [0.5, 0.6) is 0 Å². The molecule has 1 N–H and O–H groups in total. The fourth-order valence-corrected chi connectivity index (χ4v) is 5.69. The highest BCUT2D eigenvalue weighted by Gasteiger charge is 2.44. The van der Waals surface area contributed by atoms with Gasteiger partial charge in [-0.15, -0.1) is 0 Å². The van der Waals surface area contributed by atoms with E-state index in [0.29, 0.717) is 11.4 Å². The molecule has 37 heavy (non-hydrogen) atoms. The van der Waals surface area contributed by atoms with Crippen LogP contribution in [0, 0.1) is 18.2 Å². The molecule has 1 amide bonds. The van der Waals surface area contributed by atoms with E-state index in [1.165, 1.54) is 9.47 Å². The van der Waals surface area contributed by atoms with E-state index in [1.54, 1.807) is 12.3 Å². The van der Waals surface area contributed by atoms with Gasteiger partial charge in [-0.3, -0.25) is 4.98 Å². The maximum atomic E-state index is 15.7. The Kier molecular flexibility index (Phi) is 6.92. The predicted molar refractivity (Wildman–Crippen MR) is 142 cm³/mol. The van der Waals surface area contributed by atoms with Crippen molar-refractivity contribution < 1.29 is 14.3 Å². The maximum Gasteiger partial charge on any atom is 0.407 e. The van der Waals surface area contributed by atoms with Crippen LogP contribution in [-0.4, -0.2) is 60.8 Å². The Labute approximate surface area is 219 Å². The highest BCUT2D eigenvalue weighted by atomic mass is 35.5. The normalized spacial score (nSPS) is 18.6. The third-order valence-corrected chi connectivity index (χ3v) is 7.14. The number of anilines is 1. The number of carbonyl (C=O) groups is 1. The molecule has 4 heterocycles. The van der Waals surface area contributed by atoms with Crippen molar-refractivity contribution in [2.75, 3.05) is 18.0 Å². The molecule has 2 atom stereocenters. The fraction of sp³-hybridized carbons (Fsp3) is 0.500. The lowest BCUT2D eigenvalue weighted by Gasteiger charge is -2.51. The Morgan fingerprint density at radius 1 is 1.24 bits per heavy atom. The lowest BCUT2D eigenvalue weighted by molar-refractivity contribution is 0.0562. The van der Waals surface area contributed by atoms with Gasteiger partial charge in [0.2, 0.25) is 0 Å². The van der Waals surface area contributed by atoms with Crippen molar-refractivity contribution in [2.24, 2.45) is 5.41 Å². The minimum absolute atomic E-state index is 0.0304. The molecule has 11 heteroatoms. The van der Waals surface area contributed by atoms with Gasteiger partial charge in [0.25, 0.3) is 0 Å². The highest BCUT2D eigenvalue weighted by Crippen LogP contribution is 2.37. The van der Waals surface area contributed by atoms with Crippen LogP contribution in [0.4, 0.5) is 15.0 Å². The van der Waals surface area contributed by atoms with Crippen LogP contribution < -0.4 is 10.6 Å². The van der Waals surface area contributed by atoms with Crippen LogP contribution >= 0.6 is 11.6 Å². The molecule has 9 nitrogen and oxygen atoms in total. The van der Waals surface area contributed by atoms with Gasteiger partial charge in [0.1, 0.15) is 16.8 Å². The number of rotatable bonds is 3. The van der Waals surface area contributed by atoms with Gasteiger partial charge in [-0.2, -0.15) is 4.98 Å². The number of hydrogen-bond donors (Lipinski definition) is 1. The molecule has 1 fully saturated rings. The fourth-order valence-electron chi connectivity index (χ4n) is 5.52. The Balaban J connectivity index is 2.03. The summed E-state index contributed by atoms with van der Waals surface area (Å²) in [5.74, 6) is -0.575. The van der Waals surface area contributed by atoms with Gasteiger partial charge in [-0.25, -0.2) is 23.5 Å². The number of nitrogens with zero attached hydrogens (tertiary/aromatic N) is 6. The topological polar surface area (TPSA) is 104 Å². The molecule has 0 bridgehead atoms. The molecule has 0 spiro atoms. The van der Waals surface area contributed by atoms with Gasteiger partial charge in [0.05, 0.1) is 22.8 Å². The van der Waals surface area contributed by atoms with Crippen LogP contribution in [0.1, 0.15) is 58.7 Å². The number of amides is 1. The maximum absolute atomic E-state index is 15.7. The Morgan fingerprint density at radius 2 is 1.92 bits per heavy atom. The summed E-state index contributed by atoms with van der Waals surface area (Å²) in [6.45, 7) is 13.9. The molecule has 198 valence electrons. The predicted octanol–water partition coefficient (Wildman–Crippen LogP) is 5.00. The van der Waals surface area contributed by atoms with E-state index in [4.69, 9.17) is 11.6 Å². The molecule has 1 aliphatic heterocycles. The molecule has 3 aromatic rings. The van der Waals surface area contributed by atoms with E-state index in [9.17, 15) is 14.7 Å². The van der Waals surface area contributed by atoms with Crippen molar-refractivity contribution in [3.63, 3.8) is 0 Å². The van der Waals surface area contributed by atoms with Crippen molar-refractivity contribution in [3.8, 4) is 5.69 Å². The third-order valence-electron chi connectivity index (χ3n) is 6.95. The summed E-state index contributed by atoms with van der Waals surface area (Å²) < 4.78 is 17.0. The second kappa shape index (κ2) is 9.55. The number of fused-ring (bicyclic) bond motifs is 1. The van der Waals surface area contributed by atoms with Gasteiger partial charge in [0.15, 0.2) is 5.65 Å². The van der Waals surface area contributed by atoms with Gasteiger partial charge >= 0.3 is 11.8 Å². The highest BCUT2D eigenvalue weighted by molar-refractivity contribution is 6.29. The quantitative estimate of drug-likeness (QED) is 0.475. The number of halogens is 2. The van der Waals surface area contributed by atoms with Gasteiger partial charge in [-0.1, -0.05) is 46.2 Å². The van der Waals surface area contributed by atoms with E-state index in [0.717, 1.165) is 11.6 Å². The molecule has 1 saturated heterocycles. The first-order valence-corrected chi connectivity index (χ1v) is 12.6. The Hall–Kier alpha value is -3.27. The molecule has 0 radical (unpaired) electrons. The largest absolute Gasteiger partial charge is 0.465 e. The summed E-state index contributed by atoms with van der Waals surface area (Å²) in [5, 5.41) is 9.79. The van der Waals surface area contributed by atoms with E-state index >= 15 is 4.39 Å². The number of pyridine rings is 2. The third kappa shape index (κ3) is 4.63. The van der Waals surface area contributed by atoms with Crippen LogP contribution in [0.15, 0.2) is 23.1 Å². The second-order valence-corrected chi connectivity index (χ2v) is 11.3. The Bertz CT molecular complexity index is 1430. The average Bonchev–Trinajstić information content (AvgIpc) is 2.77. The molecule has 1 aliphatic rings. The lowest BCUT2D eigenvalue weighted by Crippen LogP contribution is -2.64. The van der Waals surface area contributed by atoms with Crippen molar-refractivity contribution in [2.45, 2.75) is 66.5 Å². The minimum atomic E-state index is -1.02. The van der Waals surface area contributed by atoms with Crippen LogP contribution in [-0.2, 0) is 0 Å². The summed E-state index contributed by atoms with van der Waals surface area (Å²) in [4.78, 5) is 42.2. The van der Waals surface area contributed by atoms with E-state index in [-0.39, 0.29) is 41.0 Å². The molecule has 0 saturated carbocycles. The van der Waals surface area contributed by atoms with Crippen molar-refractivity contribution in [3.05, 3.63) is 51.0 Å². The standard InChI is InChI=1S/C26H32ClFN6O3/c1-13(2)19-20(14(3)8-9-29-19)34-23-18(16(28)12-17(27)30-23)22(31-24(34)35)32-10-11-33(25(36)37)21(15(32)4)26(5,6)7/h8-9,12-13,15,21H,10-11H2,1-7H3,(H,36,37). The smallest absolute Gasteiger partial charge is 0.407 e. The van der Waals surface area contributed by atoms with E-state index in [1.807, 2.05) is 53.4 Å². The zero-order valence-electron chi connectivity index (χ0n) is 22.1. The number of aromatic nitrogens is 4. The van der Waals surface area contributed by atoms with E-state index in [2.05, 4.69) is 15.0 Å². The lowest BCUT2D eigenvalue weighted by atomic mass is 9.80. The zero-order chi connectivity index (χ0) is 27.4. The summed E-state index contributed by atoms with van der Waals surface area (Å²) in [6.07, 6.45) is 0.646. The average molecular weight is 531 g/mol. The van der Waals surface area contributed by atoms with Crippen LogP contribution in [0.2, 0.25) is 5.15 Å². The van der Waals surface area contributed by atoms with Crippen molar-refractivity contribution >= 4 is 34.5 Å².